The molecule has 2 amide bonds. The number of halogens is 1. The maximum absolute atomic E-state index is 14.0. The number of benzene rings is 3. The van der Waals surface area contributed by atoms with Crippen molar-refractivity contribution in [1.82, 2.24) is 10.2 Å². The van der Waals surface area contributed by atoms with Gasteiger partial charge in [-0.2, -0.15) is 0 Å². The summed E-state index contributed by atoms with van der Waals surface area (Å²) in [6.45, 7) is 4.69. The van der Waals surface area contributed by atoms with Crippen LogP contribution in [-0.4, -0.2) is 65.1 Å². The molecule has 0 bridgehead atoms. The van der Waals surface area contributed by atoms with Crippen LogP contribution in [0.4, 0.5) is 10.1 Å². The Bertz CT molecular complexity index is 1520. The molecule has 232 valence electrons. The van der Waals surface area contributed by atoms with E-state index in [-0.39, 0.29) is 34.8 Å². The summed E-state index contributed by atoms with van der Waals surface area (Å²) in [4.78, 5) is 28.4. The molecule has 10 nitrogen and oxygen atoms in total. The van der Waals surface area contributed by atoms with Crippen LogP contribution >= 0.6 is 0 Å². The average molecular weight is 616 g/mol. The second-order valence-corrected chi connectivity index (χ2v) is 11.7. The summed E-state index contributed by atoms with van der Waals surface area (Å²) in [5.74, 6) is -0.566. The number of hydrogen-bond acceptors (Lipinski definition) is 7. The lowest BCUT2D eigenvalue weighted by atomic mass is 10.1. The molecule has 0 aromatic heterocycles. The molecule has 0 aliphatic rings. The van der Waals surface area contributed by atoms with Gasteiger partial charge in [0, 0.05) is 18.7 Å². The van der Waals surface area contributed by atoms with Crippen molar-refractivity contribution in [3.8, 4) is 17.2 Å². The van der Waals surface area contributed by atoms with Crippen molar-refractivity contribution in [2.75, 3.05) is 32.2 Å². The SMILES string of the molecule is CCC(C)NC(=O)C(C)N(Cc1cccc(OC)c1)C(=O)CN(c1ccc(F)cc1)S(=O)(=O)c1ccc(OC)c(OC)c1. The van der Waals surface area contributed by atoms with E-state index in [4.69, 9.17) is 14.2 Å². The van der Waals surface area contributed by atoms with Gasteiger partial charge in [0.2, 0.25) is 11.8 Å². The molecule has 0 fully saturated rings. The molecule has 0 aliphatic carbocycles. The van der Waals surface area contributed by atoms with E-state index in [2.05, 4.69) is 5.32 Å². The van der Waals surface area contributed by atoms with E-state index in [9.17, 15) is 22.4 Å². The van der Waals surface area contributed by atoms with Gasteiger partial charge in [-0.3, -0.25) is 13.9 Å². The predicted octanol–water partition coefficient (Wildman–Crippen LogP) is 4.38. The fraction of sp³-hybridized carbons (Fsp3) is 0.355. The number of hydrogen-bond donors (Lipinski definition) is 1. The highest BCUT2D eigenvalue weighted by molar-refractivity contribution is 7.92. The fourth-order valence-electron chi connectivity index (χ4n) is 4.26. The highest BCUT2D eigenvalue weighted by atomic mass is 32.2. The zero-order valence-electron chi connectivity index (χ0n) is 25.2. The van der Waals surface area contributed by atoms with Crippen molar-refractivity contribution in [3.05, 3.63) is 78.1 Å². The number of rotatable bonds is 14. The second kappa shape index (κ2) is 14.7. The van der Waals surface area contributed by atoms with E-state index in [0.29, 0.717) is 23.5 Å². The lowest BCUT2D eigenvalue weighted by molar-refractivity contribution is -0.139. The van der Waals surface area contributed by atoms with Crippen molar-refractivity contribution < 1.29 is 36.6 Å². The van der Waals surface area contributed by atoms with Crippen molar-refractivity contribution in [3.63, 3.8) is 0 Å². The quantitative estimate of drug-likeness (QED) is 0.286. The van der Waals surface area contributed by atoms with Crippen LogP contribution in [0.1, 0.15) is 32.8 Å². The summed E-state index contributed by atoms with van der Waals surface area (Å²) in [7, 11) is -0.0861. The van der Waals surface area contributed by atoms with E-state index >= 15 is 0 Å². The molecule has 0 saturated carbocycles. The molecule has 0 saturated heterocycles. The number of sulfonamides is 1. The van der Waals surface area contributed by atoms with Gasteiger partial charge in [0.1, 0.15) is 24.2 Å². The Morgan fingerprint density at radius 2 is 1.58 bits per heavy atom. The molecule has 2 unspecified atom stereocenters. The Kier molecular flexibility index (Phi) is 11.4. The maximum Gasteiger partial charge on any atom is 0.264 e. The Morgan fingerprint density at radius 1 is 0.907 bits per heavy atom. The molecular formula is C31H38FN3O7S. The Morgan fingerprint density at radius 3 is 2.19 bits per heavy atom. The maximum atomic E-state index is 14.0. The highest BCUT2D eigenvalue weighted by Gasteiger charge is 2.33. The van der Waals surface area contributed by atoms with Crippen LogP contribution in [-0.2, 0) is 26.2 Å². The molecule has 43 heavy (non-hydrogen) atoms. The topological polar surface area (TPSA) is 114 Å². The fourth-order valence-corrected chi connectivity index (χ4v) is 5.69. The van der Waals surface area contributed by atoms with Crippen LogP contribution in [0.25, 0.3) is 0 Å². The Hall–Kier alpha value is -4.32. The Balaban J connectivity index is 2.07. The number of anilines is 1. The number of carbonyl (C=O) groups excluding carboxylic acids is 2. The number of nitrogens with one attached hydrogen (secondary N) is 1. The van der Waals surface area contributed by atoms with E-state index < -0.39 is 34.3 Å². The molecule has 12 heteroatoms. The average Bonchev–Trinajstić information content (AvgIpc) is 3.01. The van der Waals surface area contributed by atoms with Gasteiger partial charge < -0.3 is 24.4 Å². The first-order valence-electron chi connectivity index (χ1n) is 13.7. The zero-order chi connectivity index (χ0) is 31.7. The smallest absolute Gasteiger partial charge is 0.264 e. The van der Waals surface area contributed by atoms with Crippen LogP contribution in [0.3, 0.4) is 0 Å². The number of amides is 2. The van der Waals surface area contributed by atoms with E-state index in [1.807, 2.05) is 13.8 Å². The summed E-state index contributed by atoms with van der Waals surface area (Å²) in [5.41, 5.74) is 0.731. The summed E-state index contributed by atoms with van der Waals surface area (Å²) in [6.07, 6.45) is 0.685. The van der Waals surface area contributed by atoms with Gasteiger partial charge in [0.15, 0.2) is 11.5 Å². The molecule has 2 atom stereocenters. The number of methoxy groups -OCH3 is 3. The highest BCUT2D eigenvalue weighted by Crippen LogP contribution is 2.32. The van der Waals surface area contributed by atoms with E-state index in [1.165, 1.54) is 56.6 Å². The molecule has 0 aliphatic heterocycles. The van der Waals surface area contributed by atoms with Crippen molar-refractivity contribution in [2.24, 2.45) is 0 Å². The van der Waals surface area contributed by atoms with Crippen molar-refractivity contribution >= 4 is 27.5 Å². The van der Waals surface area contributed by atoms with Crippen molar-refractivity contribution in [2.45, 2.75) is 50.7 Å². The summed E-state index contributed by atoms with van der Waals surface area (Å²) in [6, 6.07) is 14.7. The molecule has 3 rings (SSSR count). The third kappa shape index (κ3) is 8.16. The molecule has 3 aromatic carbocycles. The minimum atomic E-state index is -4.40. The molecule has 0 heterocycles. The molecule has 3 aromatic rings. The third-order valence-corrected chi connectivity index (χ3v) is 8.76. The third-order valence-electron chi connectivity index (χ3n) is 6.99. The van der Waals surface area contributed by atoms with Gasteiger partial charge in [-0.15, -0.1) is 0 Å². The largest absolute Gasteiger partial charge is 0.497 e. The van der Waals surface area contributed by atoms with Gasteiger partial charge >= 0.3 is 0 Å². The van der Waals surface area contributed by atoms with Crippen molar-refractivity contribution in [1.29, 1.82) is 0 Å². The standard InChI is InChI=1S/C31H38FN3O7S/c1-7-21(2)33-31(37)22(3)34(19-23-9-8-10-26(17-23)40-4)30(36)20-35(25-13-11-24(32)12-14-25)43(38,39)27-15-16-28(41-5)29(18-27)42-6/h8-18,21-22H,7,19-20H2,1-6H3,(H,33,37). The normalized spacial score (nSPS) is 12.5. The first-order valence-corrected chi connectivity index (χ1v) is 15.1. The zero-order valence-corrected chi connectivity index (χ0v) is 26.0. The van der Waals surface area contributed by atoms with Crippen LogP contribution in [0.15, 0.2) is 71.6 Å². The monoisotopic (exact) mass is 615 g/mol. The lowest BCUT2D eigenvalue weighted by Gasteiger charge is -2.32. The summed E-state index contributed by atoms with van der Waals surface area (Å²) < 4.78 is 58.6. The Labute approximate surface area is 252 Å². The van der Waals surface area contributed by atoms with Gasteiger partial charge in [-0.1, -0.05) is 19.1 Å². The van der Waals surface area contributed by atoms with Gasteiger partial charge in [-0.25, -0.2) is 12.8 Å². The van der Waals surface area contributed by atoms with Gasteiger partial charge in [0.25, 0.3) is 10.0 Å². The molecule has 0 spiro atoms. The number of ether oxygens (including phenoxy) is 3. The number of nitrogens with zero attached hydrogens (tertiary/aromatic N) is 2. The molecular weight excluding hydrogens is 577 g/mol. The molecule has 1 N–H and O–H groups in total. The van der Waals surface area contributed by atoms with Gasteiger partial charge in [0.05, 0.1) is 31.9 Å². The predicted molar refractivity (Wildman–Crippen MR) is 161 cm³/mol. The minimum absolute atomic E-state index is 0.00120. The minimum Gasteiger partial charge on any atom is -0.497 e. The van der Waals surface area contributed by atoms with E-state index in [1.54, 1.807) is 31.2 Å². The van der Waals surface area contributed by atoms with Crippen LogP contribution in [0, 0.1) is 5.82 Å². The van der Waals surface area contributed by atoms with Crippen LogP contribution in [0.5, 0.6) is 17.2 Å². The number of carbonyl (C=O) groups is 2. The summed E-state index contributed by atoms with van der Waals surface area (Å²) in [5, 5.41) is 2.89. The first kappa shape index (κ1) is 33.2. The van der Waals surface area contributed by atoms with Crippen LogP contribution in [0.2, 0.25) is 0 Å². The molecule has 0 radical (unpaired) electrons. The van der Waals surface area contributed by atoms with E-state index in [0.717, 1.165) is 16.4 Å². The summed E-state index contributed by atoms with van der Waals surface area (Å²) >= 11 is 0. The van der Waals surface area contributed by atoms with Gasteiger partial charge in [-0.05, 0) is 74.4 Å². The first-order chi connectivity index (χ1) is 20.4. The van der Waals surface area contributed by atoms with Crippen LogP contribution < -0.4 is 23.8 Å². The second-order valence-electron chi connectivity index (χ2n) is 9.87. The lowest BCUT2D eigenvalue weighted by Crippen LogP contribution is -2.52.